The summed E-state index contributed by atoms with van der Waals surface area (Å²) in [5, 5.41) is 4.76. The third-order valence-corrected chi connectivity index (χ3v) is 2.80. The third kappa shape index (κ3) is 6.39. The smallest absolute Gasteiger partial charge is 0.0130 e. The van der Waals surface area contributed by atoms with E-state index in [4.69, 9.17) is 0 Å². The Balaban J connectivity index is 3.37. The molecule has 0 amide bonds. The maximum atomic E-state index is 2.39. The zero-order valence-electron chi connectivity index (χ0n) is 10.6. The summed E-state index contributed by atoms with van der Waals surface area (Å²) in [5.41, 5.74) is 0. The largest absolute Gasteiger partial charge is 0.245 e. The molecule has 0 heterocycles. The minimum Gasteiger partial charge on any atom is -0.245 e. The average Bonchev–Trinajstić information content (AvgIpc) is 2.19. The molecule has 0 aliphatic rings. The number of rotatable bonds is 9. The fourth-order valence-corrected chi connectivity index (χ4v) is 1.79. The molecule has 0 rings (SSSR count). The first-order valence-corrected chi connectivity index (χ1v) is 6.22. The van der Waals surface area contributed by atoms with E-state index in [0.717, 1.165) is 13.1 Å². The Bertz CT molecular complexity index is 111. The molecule has 0 bridgehead atoms. The van der Waals surface area contributed by atoms with Gasteiger partial charge in [0.05, 0.1) is 0 Å². The van der Waals surface area contributed by atoms with E-state index in [9.17, 15) is 0 Å². The van der Waals surface area contributed by atoms with Crippen LogP contribution in [-0.2, 0) is 0 Å². The van der Waals surface area contributed by atoms with Crippen LogP contribution in [0.3, 0.4) is 0 Å². The van der Waals surface area contributed by atoms with Crippen LogP contribution in [0.4, 0.5) is 0 Å². The maximum Gasteiger partial charge on any atom is 0.0130 e. The van der Waals surface area contributed by atoms with Crippen molar-refractivity contribution in [3.8, 4) is 0 Å². The van der Waals surface area contributed by atoms with Gasteiger partial charge < -0.3 is 0 Å². The molecule has 86 valence electrons. The molecule has 0 unspecified atom stereocenters. The predicted molar refractivity (Wildman–Crippen MR) is 64.3 cm³/mol. The molecular formula is C12H28N2. The Kier molecular flexibility index (Phi) is 9.42. The average molecular weight is 200 g/mol. The zero-order chi connectivity index (χ0) is 10.8. The molecule has 0 fully saturated rings. The van der Waals surface area contributed by atoms with Gasteiger partial charge in [0.15, 0.2) is 0 Å². The lowest BCUT2D eigenvalue weighted by molar-refractivity contribution is 0.00850. The molecule has 0 atom stereocenters. The van der Waals surface area contributed by atoms with E-state index >= 15 is 0 Å². The van der Waals surface area contributed by atoms with Crippen LogP contribution < -0.4 is 0 Å². The van der Waals surface area contributed by atoms with Gasteiger partial charge in [0.25, 0.3) is 0 Å². The Morgan fingerprint density at radius 3 is 1.86 bits per heavy atom. The van der Waals surface area contributed by atoms with Crippen LogP contribution in [0.15, 0.2) is 0 Å². The second kappa shape index (κ2) is 9.47. The number of unbranched alkanes of at least 4 members (excludes halogenated alkanes) is 4. The van der Waals surface area contributed by atoms with Crippen LogP contribution >= 0.6 is 0 Å². The summed E-state index contributed by atoms with van der Waals surface area (Å²) in [5.74, 6) is 0. The van der Waals surface area contributed by atoms with Crippen molar-refractivity contribution in [1.29, 1.82) is 0 Å². The zero-order valence-corrected chi connectivity index (χ0v) is 10.6. The highest BCUT2D eigenvalue weighted by Crippen LogP contribution is 2.04. The number of hydrogen-bond acceptors (Lipinski definition) is 2. The molecule has 2 nitrogen and oxygen atoms in total. The molecule has 0 saturated heterocycles. The summed E-state index contributed by atoms with van der Waals surface area (Å²) in [7, 11) is 2.20. The van der Waals surface area contributed by atoms with Crippen LogP contribution in [0.2, 0.25) is 0 Å². The summed E-state index contributed by atoms with van der Waals surface area (Å²) >= 11 is 0. The quantitative estimate of drug-likeness (QED) is 0.417. The van der Waals surface area contributed by atoms with Gasteiger partial charge in [-0.25, -0.2) is 10.0 Å². The van der Waals surface area contributed by atoms with Crippen molar-refractivity contribution in [3.63, 3.8) is 0 Å². The summed E-state index contributed by atoms with van der Waals surface area (Å²) in [6.07, 6.45) is 6.87. The van der Waals surface area contributed by atoms with Gasteiger partial charge in [0.2, 0.25) is 0 Å². The molecule has 0 aromatic rings. The molecule has 0 saturated carbocycles. The van der Waals surface area contributed by atoms with Gasteiger partial charge in [-0.1, -0.05) is 46.5 Å². The first kappa shape index (κ1) is 13.9. The van der Waals surface area contributed by atoms with Gasteiger partial charge in [-0.15, -0.1) is 0 Å². The number of hydrazine groups is 1. The highest BCUT2D eigenvalue weighted by molar-refractivity contribution is 4.51. The molecular weight excluding hydrogens is 172 g/mol. The van der Waals surface area contributed by atoms with Crippen molar-refractivity contribution in [2.45, 2.75) is 52.9 Å². The number of hydrogen-bond donors (Lipinski definition) is 0. The highest BCUT2D eigenvalue weighted by atomic mass is 15.6. The Hall–Kier alpha value is -0.0800. The van der Waals surface area contributed by atoms with E-state index in [-0.39, 0.29) is 0 Å². The predicted octanol–water partition coefficient (Wildman–Crippen LogP) is 3.15. The second-order valence-corrected chi connectivity index (χ2v) is 3.93. The summed E-state index contributed by atoms with van der Waals surface area (Å²) in [6.45, 7) is 10.2. The van der Waals surface area contributed by atoms with E-state index in [1.54, 1.807) is 0 Å². The van der Waals surface area contributed by atoms with Gasteiger partial charge in [-0.3, -0.25) is 0 Å². The first-order chi connectivity index (χ1) is 6.76. The van der Waals surface area contributed by atoms with Gasteiger partial charge in [-0.2, -0.15) is 0 Å². The topological polar surface area (TPSA) is 6.48 Å². The van der Waals surface area contributed by atoms with Crippen molar-refractivity contribution in [2.24, 2.45) is 0 Å². The lowest BCUT2D eigenvalue weighted by Gasteiger charge is -2.29. The minimum atomic E-state index is 1.13. The normalized spacial score (nSPS) is 11.6. The highest BCUT2D eigenvalue weighted by Gasteiger charge is 2.04. The van der Waals surface area contributed by atoms with Crippen LogP contribution in [-0.4, -0.2) is 36.7 Å². The molecule has 0 N–H and O–H groups in total. The molecule has 0 aliphatic heterocycles. The van der Waals surface area contributed by atoms with Crippen LogP contribution in [0.1, 0.15) is 52.9 Å². The molecule has 0 aromatic heterocycles. The van der Waals surface area contributed by atoms with Gasteiger partial charge in [0.1, 0.15) is 0 Å². The van der Waals surface area contributed by atoms with Gasteiger partial charge in [0, 0.05) is 26.7 Å². The summed E-state index contributed by atoms with van der Waals surface area (Å²) < 4.78 is 0. The minimum absolute atomic E-state index is 1.13. The molecule has 14 heavy (non-hydrogen) atoms. The molecule has 0 aromatic carbocycles. The van der Waals surface area contributed by atoms with Gasteiger partial charge in [-0.05, 0) is 6.42 Å². The Labute approximate surface area is 90.2 Å². The molecule has 2 heteroatoms. The van der Waals surface area contributed by atoms with Crippen molar-refractivity contribution in [2.75, 3.05) is 26.7 Å². The SMILES string of the molecule is CCCCCCCN(C)N(CC)CC. The molecule has 0 spiro atoms. The standard InChI is InChI=1S/C12H28N2/c1-5-8-9-10-11-12-13(4)14(6-2)7-3/h5-12H2,1-4H3. The maximum absolute atomic E-state index is 2.39. The van der Waals surface area contributed by atoms with Crippen molar-refractivity contribution < 1.29 is 0 Å². The Morgan fingerprint density at radius 1 is 0.786 bits per heavy atom. The van der Waals surface area contributed by atoms with E-state index < -0.39 is 0 Å². The molecule has 0 aliphatic carbocycles. The van der Waals surface area contributed by atoms with E-state index in [1.165, 1.54) is 38.6 Å². The fourth-order valence-electron chi connectivity index (χ4n) is 1.79. The lowest BCUT2D eigenvalue weighted by atomic mass is 10.1. The fraction of sp³-hybridized carbons (Fsp3) is 1.00. The third-order valence-electron chi connectivity index (χ3n) is 2.80. The van der Waals surface area contributed by atoms with E-state index in [0.29, 0.717) is 0 Å². The van der Waals surface area contributed by atoms with Crippen LogP contribution in [0.5, 0.6) is 0 Å². The van der Waals surface area contributed by atoms with Crippen LogP contribution in [0, 0.1) is 0 Å². The summed E-state index contributed by atoms with van der Waals surface area (Å²) in [4.78, 5) is 0. The Morgan fingerprint density at radius 2 is 1.36 bits per heavy atom. The lowest BCUT2D eigenvalue weighted by Crippen LogP contribution is -2.40. The van der Waals surface area contributed by atoms with Crippen LogP contribution in [0.25, 0.3) is 0 Å². The van der Waals surface area contributed by atoms with E-state index in [1.807, 2.05) is 0 Å². The van der Waals surface area contributed by atoms with Crippen molar-refractivity contribution >= 4 is 0 Å². The van der Waals surface area contributed by atoms with E-state index in [2.05, 4.69) is 37.8 Å². The summed E-state index contributed by atoms with van der Waals surface area (Å²) in [6, 6.07) is 0. The monoisotopic (exact) mass is 200 g/mol. The first-order valence-electron chi connectivity index (χ1n) is 6.22. The van der Waals surface area contributed by atoms with Gasteiger partial charge >= 0.3 is 0 Å². The number of nitrogens with zero attached hydrogens (tertiary/aromatic N) is 2. The van der Waals surface area contributed by atoms with Crippen molar-refractivity contribution in [3.05, 3.63) is 0 Å². The second-order valence-electron chi connectivity index (χ2n) is 3.93. The van der Waals surface area contributed by atoms with Crippen molar-refractivity contribution in [1.82, 2.24) is 10.0 Å². The molecule has 0 radical (unpaired) electrons.